The molecule has 3 N–H and O–H groups in total. The highest BCUT2D eigenvalue weighted by Gasteiger charge is 2.11. The summed E-state index contributed by atoms with van der Waals surface area (Å²) in [7, 11) is 0. The lowest BCUT2D eigenvalue weighted by Gasteiger charge is -2.14. The first-order valence-electron chi connectivity index (χ1n) is 6.48. The molecule has 0 fully saturated rings. The van der Waals surface area contributed by atoms with Gasteiger partial charge in [0.1, 0.15) is 12.7 Å². The normalized spacial score (nSPS) is 13.8. The number of halogens is 1. The molecule has 0 aliphatic heterocycles. The molecule has 3 nitrogen and oxygen atoms in total. The van der Waals surface area contributed by atoms with E-state index in [1.165, 1.54) is 12.1 Å². The molecule has 2 aromatic rings. The molecule has 0 amide bonds. The molecule has 2 atom stereocenters. The van der Waals surface area contributed by atoms with Gasteiger partial charge in [-0.1, -0.05) is 36.4 Å². The van der Waals surface area contributed by atoms with Gasteiger partial charge in [0.05, 0.1) is 0 Å². The van der Waals surface area contributed by atoms with E-state index in [1.807, 2.05) is 18.2 Å². The lowest BCUT2D eigenvalue weighted by atomic mass is 10.1. The lowest BCUT2D eigenvalue weighted by Crippen LogP contribution is -2.11. The molecule has 0 aromatic heterocycles. The van der Waals surface area contributed by atoms with Gasteiger partial charge in [0.2, 0.25) is 0 Å². The third kappa shape index (κ3) is 3.56. The molecule has 2 rings (SSSR count). The van der Waals surface area contributed by atoms with Gasteiger partial charge in [-0.15, -0.1) is 0 Å². The standard InChI is InChI=1S/C16H18FNO2/c1-11(18)13-7-8-16(14(17)9-13)20-10-15(19)12-5-3-2-4-6-12/h2-9,11,15,19H,10,18H2,1H3/t11-,15?/m0/s1. The number of rotatable bonds is 5. The minimum absolute atomic E-state index is 0.00153. The Bertz CT molecular complexity index is 558. The topological polar surface area (TPSA) is 55.5 Å². The predicted octanol–water partition coefficient (Wildman–Crippen LogP) is 2.96. The fourth-order valence-electron chi connectivity index (χ4n) is 1.86. The number of hydrogen-bond acceptors (Lipinski definition) is 3. The van der Waals surface area contributed by atoms with Crippen LogP contribution in [0.5, 0.6) is 5.75 Å². The lowest BCUT2D eigenvalue weighted by molar-refractivity contribution is 0.106. The molecule has 2 aromatic carbocycles. The van der Waals surface area contributed by atoms with Crippen molar-refractivity contribution in [1.82, 2.24) is 0 Å². The van der Waals surface area contributed by atoms with Crippen molar-refractivity contribution >= 4 is 0 Å². The second-order valence-corrected chi connectivity index (χ2v) is 4.72. The van der Waals surface area contributed by atoms with Crippen LogP contribution in [0, 0.1) is 5.82 Å². The van der Waals surface area contributed by atoms with E-state index < -0.39 is 11.9 Å². The summed E-state index contributed by atoms with van der Waals surface area (Å²) >= 11 is 0. The fourth-order valence-corrected chi connectivity index (χ4v) is 1.86. The minimum atomic E-state index is -0.788. The summed E-state index contributed by atoms with van der Waals surface area (Å²) in [4.78, 5) is 0. The summed E-state index contributed by atoms with van der Waals surface area (Å²) in [6, 6.07) is 13.5. The Morgan fingerprint density at radius 3 is 2.45 bits per heavy atom. The van der Waals surface area contributed by atoms with Gasteiger partial charge in [-0.3, -0.25) is 0 Å². The number of hydrogen-bond donors (Lipinski definition) is 2. The third-order valence-corrected chi connectivity index (χ3v) is 3.06. The van der Waals surface area contributed by atoms with Crippen LogP contribution in [0.2, 0.25) is 0 Å². The maximum Gasteiger partial charge on any atom is 0.165 e. The SMILES string of the molecule is C[C@H](N)c1ccc(OCC(O)c2ccccc2)c(F)c1. The van der Waals surface area contributed by atoms with E-state index in [-0.39, 0.29) is 18.4 Å². The summed E-state index contributed by atoms with van der Waals surface area (Å²) < 4.78 is 19.1. The van der Waals surface area contributed by atoms with Crippen LogP contribution in [-0.4, -0.2) is 11.7 Å². The van der Waals surface area contributed by atoms with E-state index in [0.29, 0.717) is 5.56 Å². The Labute approximate surface area is 117 Å². The second kappa shape index (κ2) is 6.50. The number of benzene rings is 2. The van der Waals surface area contributed by atoms with Crippen molar-refractivity contribution in [2.75, 3.05) is 6.61 Å². The molecule has 1 unspecified atom stereocenters. The predicted molar refractivity (Wildman–Crippen MR) is 75.9 cm³/mol. The molecule has 0 spiro atoms. The van der Waals surface area contributed by atoms with E-state index >= 15 is 0 Å². The van der Waals surface area contributed by atoms with Gasteiger partial charge in [-0.05, 0) is 30.2 Å². The largest absolute Gasteiger partial charge is 0.487 e. The van der Waals surface area contributed by atoms with Gasteiger partial charge in [0.25, 0.3) is 0 Å². The van der Waals surface area contributed by atoms with Gasteiger partial charge in [-0.2, -0.15) is 0 Å². The molecule has 0 aliphatic carbocycles. The van der Waals surface area contributed by atoms with Gasteiger partial charge >= 0.3 is 0 Å². The molecule has 0 saturated carbocycles. The number of nitrogens with two attached hydrogens (primary N) is 1. The Morgan fingerprint density at radius 1 is 1.15 bits per heavy atom. The first-order valence-corrected chi connectivity index (χ1v) is 6.48. The quantitative estimate of drug-likeness (QED) is 0.882. The van der Waals surface area contributed by atoms with Crippen LogP contribution in [0.25, 0.3) is 0 Å². The van der Waals surface area contributed by atoms with Gasteiger partial charge in [-0.25, -0.2) is 4.39 Å². The summed E-state index contributed by atoms with van der Waals surface area (Å²) in [5.41, 5.74) is 7.13. The molecule has 20 heavy (non-hydrogen) atoms. The van der Waals surface area contributed by atoms with Crippen molar-refractivity contribution in [2.45, 2.75) is 19.1 Å². The minimum Gasteiger partial charge on any atom is -0.487 e. The van der Waals surface area contributed by atoms with Crippen molar-refractivity contribution < 1.29 is 14.2 Å². The third-order valence-electron chi connectivity index (χ3n) is 3.06. The van der Waals surface area contributed by atoms with Crippen molar-refractivity contribution in [2.24, 2.45) is 5.73 Å². The van der Waals surface area contributed by atoms with E-state index in [1.54, 1.807) is 25.1 Å². The van der Waals surface area contributed by atoms with Crippen molar-refractivity contribution in [3.63, 3.8) is 0 Å². The summed E-state index contributed by atoms with van der Waals surface area (Å²) in [5.74, 6) is -0.357. The zero-order valence-electron chi connectivity index (χ0n) is 11.3. The molecule has 106 valence electrons. The van der Waals surface area contributed by atoms with Gasteiger partial charge in [0, 0.05) is 6.04 Å². The zero-order chi connectivity index (χ0) is 14.5. The summed E-state index contributed by atoms with van der Waals surface area (Å²) in [6.07, 6.45) is -0.788. The number of aliphatic hydroxyl groups is 1. The molecule has 4 heteroatoms. The van der Waals surface area contributed by atoms with E-state index in [0.717, 1.165) is 5.56 Å². The summed E-state index contributed by atoms with van der Waals surface area (Å²) in [5, 5.41) is 9.95. The fraction of sp³-hybridized carbons (Fsp3) is 0.250. The highest BCUT2D eigenvalue weighted by molar-refractivity contribution is 5.31. The maximum absolute atomic E-state index is 13.8. The van der Waals surface area contributed by atoms with Gasteiger partial charge in [0.15, 0.2) is 11.6 Å². The summed E-state index contributed by atoms with van der Waals surface area (Å²) in [6.45, 7) is 1.78. The highest BCUT2D eigenvalue weighted by atomic mass is 19.1. The zero-order valence-corrected chi connectivity index (χ0v) is 11.3. The first kappa shape index (κ1) is 14.5. The number of ether oxygens (including phenoxy) is 1. The Balaban J connectivity index is 2.01. The Hall–Kier alpha value is -1.91. The molecule has 0 saturated heterocycles. The first-order chi connectivity index (χ1) is 9.58. The van der Waals surface area contributed by atoms with E-state index in [9.17, 15) is 9.50 Å². The Kier molecular flexibility index (Phi) is 4.71. The monoisotopic (exact) mass is 275 g/mol. The van der Waals surface area contributed by atoms with Crippen molar-refractivity contribution in [1.29, 1.82) is 0 Å². The van der Waals surface area contributed by atoms with Crippen molar-refractivity contribution in [3.05, 3.63) is 65.5 Å². The van der Waals surface area contributed by atoms with Crippen LogP contribution in [-0.2, 0) is 0 Å². The van der Waals surface area contributed by atoms with Crippen molar-refractivity contribution in [3.8, 4) is 5.75 Å². The van der Waals surface area contributed by atoms with E-state index in [4.69, 9.17) is 10.5 Å². The van der Waals surface area contributed by atoms with Gasteiger partial charge < -0.3 is 15.6 Å². The Morgan fingerprint density at radius 2 is 1.85 bits per heavy atom. The molecule has 0 bridgehead atoms. The van der Waals surface area contributed by atoms with Crippen LogP contribution in [0.15, 0.2) is 48.5 Å². The maximum atomic E-state index is 13.8. The molecular weight excluding hydrogens is 257 g/mol. The second-order valence-electron chi connectivity index (χ2n) is 4.72. The highest BCUT2D eigenvalue weighted by Crippen LogP contribution is 2.22. The number of aliphatic hydroxyl groups excluding tert-OH is 1. The average molecular weight is 275 g/mol. The van der Waals surface area contributed by atoms with Crippen LogP contribution < -0.4 is 10.5 Å². The average Bonchev–Trinajstić information content (AvgIpc) is 2.46. The van der Waals surface area contributed by atoms with E-state index in [2.05, 4.69) is 0 Å². The van der Waals surface area contributed by atoms with Crippen LogP contribution >= 0.6 is 0 Å². The smallest absolute Gasteiger partial charge is 0.165 e. The molecule has 0 heterocycles. The molecular formula is C16H18FNO2. The molecule has 0 aliphatic rings. The van der Waals surface area contributed by atoms with Crippen LogP contribution in [0.3, 0.4) is 0 Å². The van der Waals surface area contributed by atoms with Crippen LogP contribution in [0.4, 0.5) is 4.39 Å². The van der Waals surface area contributed by atoms with Crippen LogP contribution in [0.1, 0.15) is 30.2 Å². The molecule has 0 radical (unpaired) electrons.